The van der Waals surface area contributed by atoms with Gasteiger partial charge in [-0.2, -0.15) is 0 Å². The zero-order valence-electron chi connectivity index (χ0n) is 15.1. The zero-order valence-corrected chi connectivity index (χ0v) is 17.5. The molecule has 2 N–H and O–H groups in total. The van der Waals surface area contributed by atoms with Gasteiger partial charge in [-0.15, -0.1) is 24.0 Å². The summed E-state index contributed by atoms with van der Waals surface area (Å²) in [6.45, 7) is 8.74. The summed E-state index contributed by atoms with van der Waals surface area (Å²) in [7, 11) is 1.69. The summed E-state index contributed by atoms with van der Waals surface area (Å²) in [5.74, 6) is 0.870. The molecular formula is C18H32IN3O2. The molecule has 138 valence electrons. The summed E-state index contributed by atoms with van der Waals surface area (Å²) in [6.07, 6.45) is 2.09. The molecular weight excluding hydrogens is 417 g/mol. The largest absolute Gasteiger partial charge is 0.382 e. The van der Waals surface area contributed by atoms with E-state index in [1.165, 1.54) is 11.1 Å². The molecule has 0 amide bonds. The van der Waals surface area contributed by atoms with E-state index in [0.29, 0.717) is 19.8 Å². The number of hydrogen-bond acceptors (Lipinski definition) is 3. The van der Waals surface area contributed by atoms with Crippen LogP contribution in [0.25, 0.3) is 0 Å². The minimum absolute atomic E-state index is 0. The minimum atomic E-state index is 0. The summed E-state index contributed by atoms with van der Waals surface area (Å²) < 4.78 is 10.4. The number of aryl methyl sites for hydroxylation is 1. The van der Waals surface area contributed by atoms with Crippen molar-refractivity contribution in [2.24, 2.45) is 4.99 Å². The number of halogens is 1. The van der Waals surface area contributed by atoms with Gasteiger partial charge >= 0.3 is 0 Å². The fraction of sp³-hybridized carbons (Fsp3) is 0.611. The van der Waals surface area contributed by atoms with Crippen molar-refractivity contribution in [3.63, 3.8) is 0 Å². The van der Waals surface area contributed by atoms with Crippen molar-refractivity contribution in [1.82, 2.24) is 10.6 Å². The van der Waals surface area contributed by atoms with Crippen LogP contribution in [0.15, 0.2) is 29.3 Å². The fourth-order valence-electron chi connectivity index (χ4n) is 2.10. The first-order valence-electron chi connectivity index (χ1n) is 8.40. The molecule has 0 aromatic heterocycles. The summed E-state index contributed by atoms with van der Waals surface area (Å²) >= 11 is 0. The number of methoxy groups -OCH3 is 1. The van der Waals surface area contributed by atoms with E-state index in [4.69, 9.17) is 9.47 Å². The lowest BCUT2D eigenvalue weighted by atomic mass is 10.1. The molecule has 0 aliphatic carbocycles. The van der Waals surface area contributed by atoms with E-state index in [9.17, 15) is 0 Å². The third kappa shape index (κ3) is 11.6. The van der Waals surface area contributed by atoms with Gasteiger partial charge in [-0.1, -0.05) is 29.8 Å². The number of ether oxygens (including phenoxy) is 2. The van der Waals surface area contributed by atoms with Crippen LogP contribution < -0.4 is 10.6 Å². The third-order valence-electron chi connectivity index (χ3n) is 3.29. The number of unbranched alkanes of at least 4 members (excludes halogenated alkanes) is 1. The minimum Gasteiger partial charge on any atom is -0.382 e. The van der Waals surface area contributed by atoms with Crippen LogP contribution in [0.4, 0.5) is 0 Å². The van der Waals surface area contributed by atoms with Crippen molar-refractivity contribution in [2.45, 2.75) is 33.2 Å². The molecule has 0 aliphatic heterocycles. The molecule has 0 heterocycles. The second kappa shape index (κ2) is 15.7. The quantitative estimate of drug-likeness (QED) is 0.236. The van der Waals surface area contributed by atoms with Crippen molar-refractivity contribution in [3.8, 4) is 0 Å². The lowest BCUT2D eigenvalue weighted by Gasteiger charge is -2.11. The van der Waals surface area contributed by atoms with Crippen LogP contribution >= 0.6 is 24.0 Å². The molecule has 0 saturated carbocycles. The number of benzene rings is 1. The average Bonchev–Trinajstić information content (AvgIpc) is 2.55. The standard InChI is InChI=1S/C18H31N3O2.HI/c1-4-19-18(20-10-5-6-11-23-13-12-22-3)21-15-17-9-7-8-16(2)14-17;/h7-9,14H,4-6,10-13,15H2,1-3H3,(H2,19,20,21);1H. The van der Waals surface area contributed by atoms with E-state index >= 15 is 0 Å². The lowest BCUT2D eigenvalue weighted by Crippen LogP contribution is -2.37. The van der Waals surface area contributed by atoms with Crippen molar-refractivity contribution >= 4 is 29.9 Å². The number of hydrogen-bond donors (Lipinski definition) is 2. The highest BCUT2D eigenvalue weighted by Gasteiger charge is 1.98. The second-order valence-electron chi connectivity index (χ2n) is 5.42. The Morgan fingerprint density at radius 2 is 1.96 bits per heavy atom. The number of nitrogens with one attached hydrogen (secondary N) is 2. The Hall–Kier alpha value is -0.860. The average molecular weight is 449 g/mol. The van der Waals surface area contributed by atoms with Crippen LogP contribution in [-0.4, -0.2) is 46.0 Å². The monoisotopic (exact) mass is 449 g/mol. The lowest BCUT2D eigenvalue weighted by molar-refractivity contribution is 0.0689. The first-order valence-corrected chi connectivity index (χ1v) is 8.40. The molecule has 0 aliphatic rings. The topological polar surface area (TPSA) is 54.9 Å². The number of aliphatic imine (C=N–C) groups is 1. The van der Waals surface area contributed by atoms with Crippen LogP contribution in [0.3, 0.4) is 0 Å². The van der Waals surface area contributed by atoms with Crippen LogP contribution in [0.2, 0.25) is 0 Å². The zero-order chi connectivity index (χ0) is 16.8. The molecule has 0 radical (unpaired) electrons. The Morgan fingerprint density at radius 3 is 2.67 bits per heavy atom. The van der Waals surface area contributed by atoms with E-state index in [0.717, 1.165) is 38.5 Å². The molecule has 1 aromatic carbocycles. The van der Waals surface area contributed by atoms with Crippen molar-refractivity contribution in [2.75, 3.05) is 40.0 Å². The molecule has 6 heteroatoms. The molecule has 0 saturated heterocycles. The Morgan fingerprint density at radius 1 is 1.12 bits per heavy atom. The first-order chi connectivity index (χ1) is 11.3. The van der Waals surface area contributed by atoms with Gasteiger partial charge in [0, 0.05) is 26.8 Å². The maximum atomic E-state index is 5.45. The Balaban J connectivity index is 0.00000529. The van der Waals surface area contributed by atoms with Gasteiger partial charge in [0.1, 0.15) is 0 Å². The number of guanidine groups is 1. The van der Waals surface area contributed by atoms with E-state index in [-0.39, 0.29) is 24.0 Å². The predicted octanol–water partition coefficient (Wildman–Crippen LogP) is 3.11. The summed E-state index contributed by atoms with van der Waals surface area (Å²) in [4.78, 5) is 4.63. The predicted molar refractivity (Wildman–Crippen MR) is 111 cm³/mol. The molecule has 0 atom stereocenters. The molecule has 0 fully saturated rings. The van der Waals surface area contributed by atoms with Crippen LogP contribution in [-0.2, 0) is 16.0 Å². The van der Waals surface area contributed by atoms with Crippen LogP contribution in [0, 0.1) is 6.92 Å². The summed E-state index contributed by atoms with van der Waals surface area (Å²) in [6, 6.07) is 8.46. The van der Waals surface area contributed by atoms with Gasteiger partial charge < -0.3 is 20.1 Å². The van der Waals surface area contributed by atoms with Gasteiger partial charge in [0.25, 0.3) is 0 Å². The third-order valence-corrected chi connectivity index (χ3v) is 3.29. The van der Waals surface area contributed by atoms with Gasteiger partial charge in [-0.3, -0.25) is 0 Å². The van der Waals surface area contributed by atoms with Crippen molar-refractivity contribution in [3.05, 3.63) is 35.4 Å². The Bertz CT molecular complexity index is 456. The normalized spacial score (nSPS) is 11.0. The molecule has 0 bridgehead atoms. The van der Waals surface area contributed by atoms with E-state index in [1.807, 2.05) is 0 Å². The van der Waals surface area contributed by atoms with Gasteiger partial charge in [-0.05, 0) is 32.3 Å². The molecule has 0 unspecified atom stereocenters. The highest BCUT2D eigenvalue weighted by molar-refractivity contribution is 14.0. The highest BCUT2D eigenvalue weighted by Crippen LogP contribution is 2.04. The molecule has 24 heavy (non-hydrogen) atoms. The number of rotatable bonds is 11. The van der Waals surface area contributed by atoms with Gasteiger partial charge in [0.15, 0.2) is 5.96 Å². The smallest absolute Gasteiger partial charge is 0.191 e. The fourth-order valence-corrected chi connectivity index (χ4v) is 2.10. The highest BCUT2D eigenvalue weighted by atomic mass is 127. The maximum absolute atomic E-state index is 5.45. The van der Waals surface area contributed by atoms with E-state index < -0.39 is 0 Å². The number of nitrogens with zero attached hydrogens (tertiary/aromatic N) is 1. The van der Waals surface area contributed by atoms with Gasteiger partial charge in [-0.25, -0.2) is 4.99 Å². The summed E-state index contributed by atoms with van der Waals surface area (Å²) in [5, 5.41) is 6.64. The SMILES string of the molecule is CCNC(=NCc1cccc(C)c1)NCCCCOCCOC.I. The van der Waals surface area contributed by atoms with Crippen molar-refractivity contribution < 1.29 is 9.47 Å². The first kappa shape index (κ1) is 23.1. The molecule has 1 rings (SSSR count). The Labute approximate surface area is 163 Å². The van der Waals surface area contributed by atoms with E-state index in [1.54, 1.807) is 7.11 Å². The Kier molecular flexibility index (Phi) is 15.1. The second-order valence-corrected chi connectivity index (χ2v) is 5.42. The van der Waals surface area contributed by atoms with Gasteiger partial charge in [0.2, 0.25) is 0 Å². The van der Waals surface area contributed by atoms with Crippen molar-refractivity contribution in [1.29, 1.82) is 0 Å². The van der Waals surface area contributed by atoms with Gasteiger partial charge in [0.05, 0.1) is 19.8 Å². The van der Waals surface area contributed by atoms with Crippen LogP contribution in [0.1, 0.15) is 30.9 Å². The van der Waals surface area contributed by atoms with Crippen LogP contribution in [0.5, 0.6) is 0 Å². The molecule has 5 nitrogen and oxygen atoms in total. The molecule has 0 spiro atoms. The summed E-state index contributed by atoms with van der Waals surface area (Å²) in [5.41, 5.74) is 2.50. The van der Waals surface area contributed by atoms with E-state index in [2.05, 4.69) is 53.7 Å². The molecule has 1 aromatic rings. The maximum Gasteiger partial charge on any atom is 0.191 e.